The Balaban J connectivity index is 1.55. The lowest BCUT2D eigenvalue weighted by Gasteiger charge is -2.13. The summed E-state index contributed by atoms with van der Waals surface area (Å²) in [6.45, 7) is 0.280. The molecule has 0 aliphatic carbocycles. The number of thioether (sulfide) groups is 1. The molecular formula is C27H22BrClN2O5S. The maximum Gasteiger partial charge on any atom is 0.337 e. The van der Waals surface area contributed by atoms with Crippen LogP contribution in [0.4, 0.5) is 5.69 Å². The Labute approximate surface area is 232 Å². The summed E-state index contributed by atoms with van der Waals surface area (Å²) < 4.78 is 17.0. The number of nitrogens with zero attached hydrogens (tertiary/aromatic N) is 2. The standard InChI is InChI=1S/C27H22BrClN2O5S/c1-31-25(32)24(37-27(31)30-19-10-8-16(9-11-19)26(33)35-3)13-18-12-22(34-2)23(14-20(18)28)36-15-17-6-4-5-7-21(17)29/h4-14H,15H2,1-3H3/b24-13-,30-27?. The van der Waals surface area contributed by atoms with E-state index in [9.17, 15) is 9.59 Å². The van der Waals surface area contributed by atoms with Crippen LogP contribution in [0.2, 0.25) is 5.02 Å². The number of likely N-dealkylation sites (N-methyl/N-ethyl adjacent to an activating group) is 1. The first-order chi connectivity index (χ1) is 17.8. The van der Waals surface area contributed by atoms with Crippen LogP contribution in [0.3, 0.4) is 0 Å². The number of carbonyl (C=O) groups is 2. The van der Waals surface area contributed by atoms with Crippen LogP contribution >= 0.6 is 39.3 Å². The average molecular weight is 602 g/mol. The van der Waals surface area contributed by atoms with Crippen LogP contribution < -0.4 is 9.47 Å². The van der Waals surface area contributed by atoms with E-state index in [1.54, 1.807) is 56.6 Å². The zero-order valence-corrected chi connectivity index (χ0v) is 23.3. The molecule has 7 nitrogen and oxygen atoms in total. The zero-order chi connectivity index (χ0) is 26.5. The molecule has 1 heterocycles. The molecule has 4 rings (SSSR count). The van der Waals surface area contributed by atoms with Gasteiger partial charge >= 0.3 is 5.97 Å². The second kappa shape index (κ2) is 11.9. The first kappa shape index (κ1) is 26.8. The fourth-order valence-corrected chi connectivity index (χ4v) is 5.00. The summed E-state index contributed by atoms with van der Waals surface area (Å²) in [6.07, 6.45) is 1.77. The van der Waals surface area contributed by atoms with E-state index < -0.39 is 5.97 Å². The van der Waals surface area contributed by atoms with E-state index in [1.165, 1.54) is 23.8 Å². The molecular weight excluding hydrogens is 580 g/mol. The Kier molecular flexibility index (Phi) is 8.58. The van der Waals surface area contributed by atoms with Crippen molar-refractivity contribution >= 4 is 68.1 Å². The maximum atomic E-state index is 12.9. The molecule has 0 unspecified atom stereocenters. The number of ether oxygens (including phenoxy) is 3. The number of carbonyl (C=O) groups excluding carboxylic acids is 2. The van der Waals surface area contributed by atoms with E-state index in [4.69, 9.17) is 25.8 Å². The van der Waals surface area contributed by atoms with Crippen LogP contribution in [0, 0.1) is 0 Å². The van der Waals surface area contributed by atoms with Crippen molar-refractivity contribution in [2.24, 2.45) is 4.99 Å². The van der Waals surface area contributed by atoms with Crippen LogP contribution in [0.5, 0.6) is 11.5 Å². The predicted octanol–water partition coefficient (Wildman–Crippen LogP) is 6.71. The van der Waals surface area contributed by atoms with Gasteiger partial charge in [0.15, 0.2) is 16.7 Å². The first-order valence-corrected chi connectivity index (χ1v) is 13.0. The summed E-state index contributed by atoms with van der Waals surface area (Å²) >= 11 is 11.1. The van der Waals surface area contributed by atoms with Gasteiger partial charge in [0.05, 0.1) is 30.4 Å². The molecule has 10 heteroatoms. The molecule has 1 aliphatic rings. The third kappa shape index (κ3) is 6.18. The molecule has 1 saturated heterocycles. The van der Waals surface area contributed by atoms with Gasteiger partial charge in [-0.15, -0.1) is 0 Å². The molecule has 1 amide bonds. The number of amidine groups is 1. The van der Waals surface area contributed by atoms with Crippen LogP contribution in [-0.4, -0.2) is 43.2 Å². The van der Waals surface area contributed by atoms with E-state index in [0.29, 0.717) is 37.8 Å². The summed E-state index contributed by atoms with van der Waals surface area (Å²) in [4.78, 5) is 31.1. The number of rotatable bonds is 7. The number of esters is 1. The van der Waals surface area contributed by atoms with Crippen LogP contribution in [-0.2, 0) is 16.1 Å². The van der Waals surface area contributed by atoms with E-state index in [0.717, 1.165) is 15.6 Å². The quantitative estimate of drug-likeness (QED) is 0.221. The van der Waals surface area contributed by atoms with Crippen molar-refractivity contribution in [3.05, 3.63) is 91.8 Å². The van der Waals surface area contributed by atoms with E-state index in [-0.39, 0.29) is 12.5 Å². The topological polar surface area (TPSA) is 77.4 Å². The maximum absolute atomic E-state index is 12.9. The highest BCUT2D eigenvalue weighted by atomic mass is 79.9. The highest BCUT2D eigenvalue weighted by molar-refractivity contribution is 9.10. The molecule has 0 spiro atoms. The van der Waals surface area contributed by atoms with Gasteiger partial charge in [0, 0.05) is 22.1 Å². The Hall–Kier alpha value is -3.27. The lowest BCUT2D eigenvalue weighted by atomic mass is 10.1. The molecule has 1 fully saturated rings. The van der Waals surface area contributed by atoms with Crippen molar-refractivity contribution < 1.29 is 23.8 Å². The minimum Gasteiger partial charge on any atom is -0.493 e. The molecule has 0 bridgehead atoms. The van der Waals surface area contributed by atoms with Gasteiger partial charge in [-0.05, 0) is 65.9 Å². The van der Waals surface area contributed by atoms with Crippen LogP contribution in [0.25, 0.3) is 6.08 Å². The minimum absolute atomic E-state index is 0.181. The molecule has 190 valence electrons. The minimum atomic E-state index is -0.423. The SMILES string of the molecule is COC(=O)c1ccc(N=C2S/C(=C\c3cc(OC)c(OCc4ccccc4Cl)cc3Br)C(=O)N2C)cc1. The van der Waals surface area contributed by atoms with Crippen molar-refractivity contribution in [3.8, 4) is 11.5 Å². The van der Waals surface area contributed by atoms with Gasteiger partial charge in [0.1, 0.15) is 6.61 Å². The van der Waals surface area contributed by atoms with Crippen molar-refractivity contribution in [1.29, 1.82) is 0 Å². The van der Waals surface area contributed by atoms with Gasteiger partial charge in [0.25, 0.3) is 5.91 Å². The third-order valence-corrected chi connectivity index (χ3v) is 7.54. The van der Waals surface area contributed by atoms with Crippen molar-refractivity contribution in [2.75, 3.05) is 21.3 Å². The summed E-state index contributed by atoms with van der Waals surface area (Å²) in [5.41, 5.74) is 2.64. The van der Waals surface area contributed by atoms with E-state index >= 15 is 0 Å². The Morgan fingerprint density at radius 1 is 1.11 bits per heavy atom. The molecule has 0 atom stereocenters. The zero-order valence-electron chi connectivity index (χ0n) is 20.2. The Bertz CT molecular complexity index is 1410. The second-order valence-corrected chi connectivity index (χ2v) is 10.1. The predicted molar refractivity (Wildman–Crippen MR) is 150 cm³/mol. The van der Waals surface area contributed by atoms with E-state index in [2.05, 4.69) is 20.9 Å². The molecule has 1 aliphatic heterocycles. The van der Waals surface area contributed by atoms with Gasteiger partial charge < -0.3 is 14.2 Å². The molecule has 0 aromatic heterocycles. The molecule has 37 heavy (non-hydrogen) atoms. The van der Waals surface area contributed by atoms with Gasteiger partial charge in [0.2, 0.25) is 0 Å². The van der Waals surface area contributed by atoms with Crippen molar-refractivity contribution in [1.82, 2.24) is 4.90 Å². The highest BCUT2D eigenvalue weighted by Crippen LogP contribution is 2.38. The number of hydrogen-bond donors (Lipinski definition) is 0. The average Bonchev–Trinajstić information content (AvgIpc) is 3.16. The number of aliphatic imine (C=N–C) groups is 1. The van der Waals surface area contributed by atoms with Gasteiger partial charge in [-0.25, -0.2) is 9.79 Å². The van der Waals surface area contributed by atoms with Gasteiger partial charge in [-0.1, -0.05) is 45.7 Å². The lowest BCUT2D eigenvalue weighted by Crippen LogP contribution is -2.23. The van der Waals surface area contributed by atoms with Crippen molar-refractivity contribution in [3.63, 3.8) is 0 Å². The van der Waals surface area contributed by atoms with Crippen LogP contribution in [0.15, 0.2) is 75.0 Å². The second-order valence-electron chi connectivity index (χ2n) is 7.81. The monoisotopic (exact) mass is 600 g/mol. The fourth-order valence-electron chi connectivity index (χ4n) is 3.40. The van der Waals surface area contributed by atoms with Gasteiger partial charge in [-0.2, -0.15) is 0 Å². The normalized spacial score (nSPS) is 15.4. The Morgan fingerprint density at radius 3 is 2.51 bits per heavy atom. The largest absolute Gasteiger partial charge is 0.493 e. The van der Waals surface area contributed by atoms with Crippen molar-refractivity contribution in [2.45, 2.75) is 6.61 Å². The molecule has 3 aromatic rings. The Morgan fingerprint density at radius 2 is 1.84 bits per heavy atom. The number of benzene rings is 3. The summed E-state index contributed by atoms with van der Waals surface area (Å²) in [5, 5.41) is 1.14. The van der Waals surface area contributed by atoms with E-state index in [1.807, 2.05) is 24.3 Å². The van der Waals surface area contributed by atoms with Gasteiger partial charge in [-0.3, -0.25) is 9.69 Å². The highest BCUT2D eigenvalue weighted by Gasteiger charge is 2.30. The fraction of sp³-hybridized carbons (Fsp3) is 0.148. The summed E-state index contributed by atoms with van der Waals surface area (Å²) in [6, 6.07) is 17.7. The third-order valence-electron chi connectivity index (χ3n) is 5.43. The molecule has 3 aromatic carbocycles. The molecule has 0 saturated carbocycles. The smallest absolute Gasteiger partial charge is 0.337 e. The van der Waals surface area contributed by atoms with Crippen LogP contribution in [0.1, 0.15) is 21.5 Å². The summed E-state index contributed by atoms with van der Waals surface area (Å²) in [7, 11) is 4.55. The molecule has 0 radical (unpaired) electrons. The first-order valence-electron chi connectivity index (χ1n) is 11.0. The molecule has 0 N–H and O–H groups in total. The number of methoxy groups -OCH3 is 2. The number of amides is 1. The number of hydrogen-bond acceptors (Lipinski definition) is 7. The lowest BCUT2D eigenvalue weighted by molar-refractivity contribution is -0.121. The number of halogens is 2. The summed E-state index contributed by atoms with van der Waals surface area (Å²) in [5.74, 6) is 0.454.